The highest BCUT2D eigenvalue weighted by Gasteiger charge is 2.19. The summed E-state index contributed by atoms with van der Waals surface area (Å²) in [4.78, 5) is 9.88. The number of aromatic nitrogens is 1. The smallest absolute Gasteiger partial charge is 0.134 e. The van der Waals surface area contributed by atoms with Crippen molar-refractivity contribution in [1.82, 2.24) is 9.88 Å². The standard InChI is InChI=1S/C27H31N3O2/c1-19(2)20-4-7-25-21(16-20)5-9-27(28-25)30-14-12-29(13-15-30)11-10-22-18-32-26-8-6-23(31-3)17-24(22)26/h4-9,16-19H,10-15H2,1-3H3. The molecule has 1 aliphatic heterocycles. The molecule has 0 aliphatic carbocycles. The molecule has 0 N–H and O–H groups in total. The molecule has 3 heterocycles. The lowest BCUT2D eigenvalue weighted by atomic mass is 10.0. The van der Waals surface area contributed by atoms with Crippen LogP contribution in [0.4, 0.5) is 5.82 Å². The average Bonchev–Trinajstić information content (AvgIpc) is 3.24. The SMILES string of the molecule is COc1ccc2occ(CCN3CCN(c4ccc5cc(C(C)C)ccc5n4)CC3)c2c1. The molecule has 5 rings (SSSR count). The normalized spacial score (nSPS) is 15.2. The van der Waals surface area contributed by atoms with Gasteiger partial charge in [0.25, 0.3) is 0 Å². The third kappa shape index (κ3) is 4.17. The third-order valence-corrected chi connectivity index (χ3v) is 6.62. The lowest BCUT2D eigenvalue weighted by Gasteiger charge is -2.35. The number of anilines is 1. The second-order valence-corrected chi connectivity index (χ2v) is 8.98. The number of furan rings is 1. The quantitative estimate of drug-likeness (QED) is 0.406. The first-order chi connectivity index (χ1) is 15.6. The van der Waals surface area contributed by atoms with E-state index in [9.17, 15) is 0 Å². The molecule has 166 valence electrons. The first-order valence-electron chi connectivity index (χ1n) is 11.5. The van der Waals surface area contributed by atoms with Crippen LogP contribution in [0.25, 0.3) is 21.9 Å². The number of rotatable bonds is 6. The fraction of sp³-hybridized carbons (Fsp3) is 0.370. The van der Waals surface area contributed by atoms with Crippen molar-refractivity contribution >= 4 is 27.7 Å². The molecule has 1 saturated heterocycles. The number of methoxy groups -OCH3 is 1. The Balaban J connectivity index is 1.20. The Bertz CT molecular complexity index is 1220. The number of nitrogens with zero attached hydrogens (tertiary/aromatic N) is 3. The highest BCUT2D eigenvalue weighted by Crippen LogP contribution is 2.27. The summed E-state index contributed by atoms with van der Waals surface area (Å²) in [5, 5.41) is 2.38. The van der Waals surface area contributed by atoms with Crippen LogP contribution in [0, 0.1) is 0 Å². The van der Waals surface area contributed by atoms with Gasteiger partial charge in [0.15, 0.2) is 0 Å². The number of piperazine rings is 1. The van der Waals surface area contributed by atoms with Gasteiger partial charge in [-0.05, 0) is 65.9 Å². The van der Waals surface area contributed by atoms with Crippen molar-refractivity contribution < 1.29 is 9.15 Å². The number of ether oxygens (including phenoxy) is 1. The van der Waals surface area contributed by atoms with E-state index in [0.29, 0.717) is 5.92 Å². The molecule has 1 aliphatic rings. The summed E-state index contributed by atoms with van der Waals surface area (Å²) in [7, 11) is 1.70. The minimum atomic E-state index is 0.536. The Hall–Kier alpha value is -3.05. The lowest BCUT2D eigenvalue weighted by molar-refractivity contribution is 0.260. The topological polar surface area (TPSA) is 41.7 Å². The van der Waals surface area contributed by atoms with E-state index in [1.807, 2.05) is 18.4 Å². The summed E-state index contributed by atoms with van der Waals surface area (Å²) >= 11 is 0. The molecular formula is C27H31N3O2. The van der Waals surface area contributed by atoms with E-state index in [2.05, 4.69) is 60.0 Å². The largest absolute Gasteiger partial charge is 0.497 e. The van der Waals surface area contributed by atoms with Crippen molar-refractivity contribution in [2.75, 3.05) is 44.7 Å². The van der Waals surface area contributed by atoms with Crippen molar-refractivity contribution in [2.24, 2.45) is 0 Å². The van der Waals surface area contributed by atoms with Gasteiger partial charge in [0.1, 0.15) is 17.2 Å². The number of hydrogen-bond acceptors (Lipinski definition) is 5. The van der Waals surface area contributed by atoms with Crippen molar-refractivity contribution in [3.63, 3.8) is 0 Å². The van der Waals surface area contributed by atoms with Gasteiger partial charge in [-0.1, -0.05) is 19.9 Å². The molecule has 0 amide bonds. The van der Waals surface area contributed by atoms with Gasteiger partial charge in [0.2, 0.25) is 0 Å². The molecule has 0 saturated carbocycles. The first-order valence-corrected chi connectivity index (χ1v) is 11.5. The van der Waals surface area contributed by atoms with E-state index in [1.165, 1.54) is 16.5 Å². The molecule has 2 aromatic heterocycles. The number of pyridine rings is 1. The maximum absolute atomic E-state index is 5.73. The molecule has 1 fully saturated rings. The number of hydrogen-bond donors (Lipinski definition) is 0. The van der Waals surface area contributed by atoms with Gasteiger partial charge in [-0.25, -0.2) is 4.98 Å². The molecule has 0 atom stereocenters. The Kier molecular flexibility index (Phi) is 5.75. The minimum Gasteiger partial charge on any atom is -0.497 e. The van der Waals surface area contributed by atoms with E-state index < -0.39 is 0 Å². The van der Waals surface area contributed by atoms with Gasteiger partial charge in [-0.3, -0.25) is 4.90 Å². The molecule has 0 unspecified atom stereocenters. The van der Waals surface area contributed by atoms with Crippen LogP contribution in [-0.2, 0) is 6.42 Å². The second kappa shape index (κ2) is 8.83. The van der Waals surface area contributed by atoms with Crippen molar-refractivity contribution in [3.8, 4) is 5.75 Å². The highest BCUT2D eigenvalue weighted by molar-refractivity contribution is 5.83. The van der Waals surface area contributed by atoms with E-state index in [-0.39, 0.29) is 0 Å². The van der Waals surface area contributed by atoms with E-state index in [1.54, 1.807) is 7.11 Å². The van der Waals surface area contributed by atoms with Gasteiger partial charge in [0, 0.05) is 43.5 Å². The average molecular weight is 430 g/mol. The lowest BCUT2D eigenvalue weighted by Crippen LogP contribution is -2.47. The summed E-state index contributed by atoms with van der Waals surface area (Å²) in [5.41, 5.74) is 4.62. The molecule has 5 nitrogen and oxygen atoms in total. The maximum atomic E-state index is 5.73. The van der Waals surface area contributed by atoms with Crippen molar-refractivity contribution in [2.45, 2.75) is 26.2 Å². The van der Waals surface area contributed by atoms with Gasteiger partial charge in [0.05, 0.1) is 18.9 Å². The van der Waals surface area contributed by atoms with Gasteiger partial charge in [-0.2, -0.15) is 0 Å². The third-order valence-electron chi connectivity index (χ3n) is 6.62. The Labute approximate surface area is 189 Å². The number of fused-ring (bicyclic) bond motifs is 2. The van der Waals surface area contributed by atoms with Crippen LogP contribution < -0.4 is 9.64 Å². The summed E-state index contributed by atoms with van der Waals surface area (Å²) < 4.78 is 11.1. The molecule has 0 spiro atoms. The van der Waals surface area contributed by atoms with Crippen molar-refractivity contribution in [1.29, 1.82) is 0 Å². The Morgan fingerprint density at radius 1 is 1.00 bits per heavy atom. The number of benzene rings is 2. The van der Waals surface area contributed by atoms with E-state index >= 15 is 0 Å². The predicted molar refractivity (Wildman–Crippen MR) is 131 cm³/mol. The van der Waals surface area contributed by atoms with Crippen LogP contribution in [0.1, 0.15) is 30.9 Å². The second-order valence-electron chi connectivity index (χ2n) is 8.98. The van der Waals surface area contributed by atoms with Crippen LogP contribution in [0.15, 0.2) is 59.2 Å². The Morgan fingerprint density at radius 2 is 1.84 bits per heavy atom. The van der Waals surface area contributed by atoms with Gasteiger partial charge >= 0.3 is 0 Å². The highest BCUT2D eigenvalue weighted by atomic mass is 16.5. The molecular weight excluding hydrogens is 398 g/mol. The first kappa shape index (κ1) is 20.8. The fourth-order valence-corrected chi connectivity index (χ4v) is 4.53. The summed E-state index contributed by atoms with van der Waals surface area (Å²) in [6.07, 6.45) is 2.87. The van der Waals surface area contributed by atoms with Gasteiger partial charge < -0.3 is 14.1 Å². The minimum absolute atomic E-state index is 0.536. The van der Waals surface area contributed by atoms with Crippen LogP contribution in [-0.4, -0.2) is 49.7 Å². The molecule has 0 bridgehead atoms. The summed E-state index contributed by atoms with van der Waals surface area (Å²) in [6.45, 7) is 9.59. The van der Waals surface area contributed by atoms with Gasteiger partial charge in [-0.15, -0.1) is 0 Å². The van der Waals surface area contributed by atoms with Crippen molar-refractivity contribution in [3.05, 3.63) is 65.9 Å². The monoisotopic (exact) mass is 429 g/mol. The van der Waals surface area contributed by atoms with E-state index in [0.717, 1.165) is 67.2 Å². The van der Waals surface area contributed by atoms with Crippen LogP contribution >= 0.6 is 0 Å². The van der Waals surface area contributed by atoms with E-state index in [4.69, 9.17) is 14.1 Å². The van der Waals surface area contributed by atoms with Crippen LogP contribution in [0.2, 0.25) is 0 Å². The zero-order valence-electron chi connectivity index (χ0n) is 19.2. The Morgan fingerprint density at radius 3 is 2.62 bits per heavy atom. The molecule has 0 radical (unpaired) electrons. The summed E-state index contributed by atoms with van der Waals surface area (Å²) in [5.74, 6) is 2.49. The van der Waals surface area contributed by atoms with Crippen LogP contribution in [0.3, 0.4) is 0 Å². The fourth-order valence-electron chi connectivity index (χ4n) is 4.53. The molecule has 2 aromatic carbocycles. The predicted octanol–water partition coefficient (Wildman–Crippen LogP) is 5.48. The molecule has 4 aromatic rings. The zero-order chi connectivity index (χ0) is 22.1. The van der Waals surface area contributed by atoms with Crippen LogP contribution in [0.5, 0.6) is 5.75 Å². The molecule has 5 heteroatoms. The maximum Gasteiger partial charge on any atom is 0.134 e. The summed E-state index contributed by atoms with van der Waals surface area (Å²) in [6, 6.07) is 17.0. The molecule has 32 heavy (non-hydrogen) atoms. The zero-order valence-corrected chi connectivity index (χ0v) is 19.2.